The quantitative estimate of drug-likeness (QED) is 0.512. The molecule has 0 aromatic heterocycles. The first-order valence-corrected chi connectivity index (χ1v) is 5.85. The minimum absolute atomic E-state index is 0.129. The first-order chi connectivity index (χ1) is 3.89. The molecule has 0 N–H and O–H groups in total. The summed E-state index contributed by atoms with van der Waals surface area (Å²) in [5, 5.41) is 0. The summed E-state index contributed by atoms with van der Waals surface area (Å²) in [5.74, 6) is 4.30. The molecule has 0 spiro atoms. The average molecular weight is 189 g/mol. The van der Waals surface area contributed by atoms with Gasteiger partial charge in [-0.25, -0.2) is 0 Å². The van der Waals surface area contributed by atoms with Crippen LogP contribution < -0.4 is 0 Å². The standard InChI is InChI=1S/C6H6BrP/c7-8-5-3-1-2-4-6-8/h1-6H. The van der Waals surface area contributed by atoms with Crippen LogP contribution in [0.1, 0.15) is 0 Å². The SMILES string of the molecule is BrP1C=CC=CC=C1. The third-order valence-electron chi connectivity index (χ3n) is 0.790. The molecule has 1 heterocycles. The molecular formula is C6H6BrP. The summed E-state index contributed by atoms with van der Waals surface area (Å²) in [6, 6.07) is 0. The molecule has 0 saturated heterocycles. The van der Waals surface area contributed by atoms with Gasteiger partial charge in [0.05, 0.1) is 0 Å². The zero-order valence-corrected chi connectivity index (χ0v) is 6.77. The Hall–Kier alpha value is 0.130. The smallest absolute Gasteiger partial charge is 0.0117 e. The predicted octanol–water partition coefficient (Wildman–Crippen LogP) is 3.38. The predicted molar refractivity (Wildman–Crippen MR) is 43.3 cm³/mol. The normalized spacial score (nSPS) is 19.1. The third-order valence-corrected chi connectivity index (χ3v) is 3.12. The van der Waals surface area contributed by atoms with Crippen LogP contribution in [-0.2, 0) is 0 Å². The number of halogens is 1. The van der Waals surface area contributed by atoms with Gasteiger partial charge in [-0.1, -0.05) is 39.8 Å². The van der Waals surface area contributed by atoms with Crippen molar-refractivity contribution in [2.75, 3.05) is 0 Å². The van der Waals surface area contributed by atoms with E-state index in [-0.39, 0.29) is 6.62 Å². The van der Waals surface area contributed by atoms with Gasteiger partial charge in [-0.2, -0.15) is 0 Å². The zero-order valence-electron chi connectivity index (χ0n) is 4.29. The largest absolute Gasteiger partial charge is 0.0622 e. The Kier molecular flexibility index (Phi) is 2.51. The molecule has 8 heavy (non-hydrogen) atoms. The van der Waals surface area contributed by atoms with Crippen molar-refractivity contribution in [3.05, 3.63) is 35.9 Å². The Morgan fingerprint density at radius 3 is 1.88 bits per heavy atom. The molecule has 0 nitrogen and oxygen atoms in total. The Bertz CT molecular complexity index is 131. The lowest BCUT2D eigenvalue weighted by Crippen LogP contribution is -1.40. The van der Waals surface area contributed by atoms with E-state index >= 15 is 0 Å². The fourth-order valence-corrected chi connectivity index (χ4v) is 1.89. The first-order valence-electron chi connectivity index (χ1n) is 2.35. The lowest BCUT2D eigenvalue weighted by atomic mass is 10.5. The maximum Gasteiger partial charge on any atom is 0.0117 e. The van der Waals surface area contributed by atoms with E-state index in [0.717, 1.165) is 0 Å². The van der Waals surface area contributed by atoms with Crippen molar-refractivity contribution < 1.29 is 0 Å². The third kappa shape index (κ3) is 1.94. The summed E-state index contributed by atoms with van der Waals surface area (Å²) in [5.41, 5.74) is 0. The lowest BCUT2D eigenvalue weighted by Gasteiger charge is -1.88. The lowest BCUT2D eigenvalue weighted by molar-refractivity contribution is 1.98. The summed E-state index contributed by atoms with van der Waals surface area (Å²) < 4.78 is 0. The van der Waals surface area contributed by atoms with Crippen LogP contribution in [0, 0.1) is 0 Å². The van der Waals surface area contributed by atoms with E-state index in [4.69, 9.17) is 0 Å². The molecule has 1 rings (SSSR count). The van der Waals surface area contributed by atoms with Gasteiger partial charge in [-0.05, 0) is 11.6 Å². The summed E-state index contributed by atoms with van der Waals surface area (Å²) >= 11 is 3.49. The molecule has 0 atom stereocenters. The van der Waals surface area contributed by atoms with E-state index in [1.54, 1.807) is 0 Å². The summed E-state index contributed by atoms with van der Waals surface area (Å²) in [4.78, 5) is 0. The fraction of sp³-hybridized carbons (Fsp3) is 0. The molecule has 0 saturated carbocycles. The molecule has 0 bridgehead atoms. The van der Waals surface area contributed by atoms with Crippen molar-refractivity contribution >= 4 is 22.1 Å². The van der Waals surface area contributed by atoms with Crippen LogP contribution in [0.25, 0.3) is 0 Å². The van der Waals surface area contributed by atoms with Crippen molar-refractivity contribution in [1.29, 1.82) is 0 Å². The Morgan fingerprint density at radius 2 is 1.38 bits per heavy atom. The summed E-state index contributed by atoms with van der Waals surface area (Å²) in [6.45, 7) is -0.129. The molecule has 0 fully saturated rings. The van der Waals surface area contributed by atoms with Crippen LogP contribution in [0.15, 0.2) is 35.9 Å². The second-order valence-electron chi connectivity index (χ2n) is 1.41. The van der Waals surface area contributed by atoms with E-state index in [1.807, 2.05) is 12.2 Å². The maximum atomic E-state index is 3.49. The van der Waals surface area contributed by atoms with Crippen molar-refractivity contribution in [1.82, 2.24) is 0 Å². The highest BCUT2D eigenvalue weighted by atomic mass is 79.9. The molecule has 0 aromatic rings. The molecule has 0 aliphatic carbocycles. The van der Waals surface area contributed by atoms with Crippen LogP contribution in [0.2, 0.25) is 0 Å². The molecule has 0 amide bonds. The maximum absolute atomic E-state index is 3.49. The van der Waals surface area contributed by atoms with E-state index < -0.39 is 0 Å². The molecule has 0 radical (unpaired) electrons. The molecule has 0 unspecified atom stereocenters. The van der Waals surface area contributed by atoms with Gasteiger partial charge in [0, 0.05) is 6.62 Å². The van der Waals surface area contributed by atoms with Crippen LogP contribution >= 0.6 is 22.1 Å². The molecular weight excluding hydrogens is 183 g/mol. The van der Waals surface area contributed by atoms with Gasteiger partial charge in [0.25, 0.3) is 0 Å². The molecule has 1 aliphatic rings. The van der Waals surface area contributed by atoms with Crippen LogP contribution in [-0.4, -0.2) is 0 Å². The first kappa shape index (κ1) is 6.25. The van der Waals surface area contributed by atoms with Crippen molar-refractivity contribution in [3.63, 3.8) is 0 Å². The highest BCUT2D eigenvalue weighted by Crippen LogP contribution is 2.47. The highest BCUT2D eigenvalue weighted by Gasteiger charge is 1.88. The minimum atomic E-state index is -0.129. The topological polar surface area (TPSA) is 0 Å². The van der Waals surface area contributed by atoms with Gasteiger partial charge in [-0.15, -0.1) is 0 Å². The van der Waals surface area contributed by atoms with Gasteiger partial charge in [-0.3, -0.25) is 0 Å². The van der Waals surface area contributed by atoms with Crippen LogP contribution in [0.4, 0.5) is 0 Å². The van der Waals surface area contributed by atoms with Gasteiger partial charge in [0.2, 0.25) is 0 Å². The summed E-state index contributed by atoms with van der Waals surface area (Å²) in [6.07, 6.45) is 8.17. The van der Waals surface area contributed by atoms with E-state index in [2.05, 4.69) is 39.3 Å². The van der Waals surface area contributed by atoms with Gasteiger partial charge < -0.3 is 0 Å². The van der Waals surface area contributed by atoms with Crippen molar-refractivity contribution in [2.24, 2.45) is 0 Å². The van der Waals surface area contributed by atoms with Gasteiger partial charge >= 0.3 is 0 Å². The zero-order chi connectivity index (χ0) is 5.82. The van der Waals surface area contributed by atoms with E-state index in [1.165, 1.54) is 0 Å². The van der Waals surface area contributed by atoms with Crippen molar-refractivity contribution in [3.8, 4) is 0 Å². The monoisotopic (exact) mass is 188 g/mol. The second-order valence-corrected chi connectivity index (χ2v) is 5.15. The van der Waals surface area contributed by atoms with E-state index in [0.29, 0.717) is 0 Å². The molecule has 2 heteroatoms. The Balaban J connectivity index is 2.66. The number of rotatable bonds is 0. The fourth-order valence-electron chi connectivity index (χ4n) is 0.442. The molecule has 42 valence electrons. The molecule has 1 aliphatic heterocycles. The second kappa shape index (κ2) is 3.21. The number of hydrogen-bond donors (Lipinski definition) is 0. The molecule has 0 aromatic carbocycles. The van der Waals surface area contributed by atoms with Crippen molar-refractivity contribution in [2.45, 2.75) is 0 Å². The number of hydrogen-bond acceptors (Lipinski definition) is 0. The Morgan fingerprint density at radius 1 is 0.875 bits per heavy atom. The van der Waals surface area contributed by atoms with Crippen LogP contribution in [0.3, 0.4) is 0 Å². The number of allylic oxidation sites excluding steroid dienone is 4. The highest BCUT2D eigenvalue weighted by molar-refractivity contribution is 9.40. The van der Waals surface area contributed by atoms with Gasteiger partial charge in [0.1, 0.15) is 0 Å². The Labute approximate surface area is 58.5 Å². The van der Waals surface area contributed by atoms with Gasteiger partial charge in [0.15, 0.2) is 0 Å². The average Bonchev–Trinajstić information content (AvgIpc) is 1.94. The summed E-state index contributed by atoms with van der Waals surface area (Å²) in [7, 11) is 0. The van der Waals surface area contributed by atoms with E-state index in [9.17, 15) is 0 Å². The minimum Gasteiger partial charge on any atom is -0.0622 e. The van der Waals surface area contributed by atoms with Crippen LogP contribution in [0.5, 0.6) is 0 Å².